The Morgan fingerprint density at radius 3 is 2.16 bits per heavy atom. The van der Waals surface area contributed by atoms with E-state index in [2.05, 4.69) is 48.0 Å². The average molecular weight is 320 g/mol. The molecule has 0 saturated heterocycles. The molecule has 100 valence electrons. The Morgan fingerprint density at radius 1 is 1.00 bits per heavy atom. The Morgan fingerprint density at radius 2 is 1.63 bits per heavy atom. The van der Waals surface area contributed by atoms with Crippen LogP contribution in [-0.2, 0) is 0 Å². The Balaban J connectivity index is 2.38. The molecule has 0 radical (unpaired) electrons. The van der Waals surface area contributed by atoms with Gasteiger partial charge in [-0.1, -0.05) is 35.4 Å². The minimum Gasteiger partial charge on any atom is -0.496 e. The largest absolute Gasteiger partial charge is 0.496 e. The number of hydrogen-bond donors (Lipinski definition) is 1. The van der Waals surface area contributed by atoms with E-state index in [4.69, 9.17) is 10.5 Å². The van der Waals surface area contributed by atoms with Crippen molar-refractivity contribution in [2.75, 3.05) is 7.11 Å². The van der Waals surface area contributed by atoms with Crippen LogP contribution >= 0.6 is 15.9 Å². The van der Waals surface area contributed by atoms with Crippen LogP contribution in [0.1, 0.15) is 28.3 Å². The van der Waals surface area contributed by atoms with Gasteiger partial charge in [0.1, 0.15) is 5.75 Å². The predicted octanol–water partition coefficient (Wildman–Crippen LogP) is 4.12. The van der Waals surface area contributed by atoms with Crippen molar-refractivity contribution in [1.82, 2.24) is 0 Å². The predicted molar refractivity (Wildman–Crippen MR) is 82.6 cm³/mol. The molecule has 2 N–H and O–H groups in total. The summed E-state index contributed by atoms with van der Waals surface area (Å²) in [7, 11) is 1.66. The lowest BCUT2D eigenvalue weighted by Gasteiger charge is -2.15. The fourth-order valence-corrected chi connectivity index (χ4v) is 2.82. The van der Waals surface area contributed by atoms with E-state index in [1.165, 1.54) is 11.1 Å². The average Bonchev–Trinajstić information content (AvgIpc) is 2.36. The zero-order valence-electron chi connectivity index (χ0n) is 11.4. The Hall–Kier alpha value is -1.32. The molecule has 0 amide bonds. The van der Waals surface area contributed by atoms with Gasteiger partial charge in [0.15, 0.2) is 0 Å². The summed E-state index contributed by atoms with van der Waals surface area (Å²) in [5, 5.41) is 0. The van der Waals surface area contributed by atoms with Crippen molar-refractivity contribution >= 4 is 15.9 Å². The molecule has 0 aromatic heterocycles. The van der Waals surface area contributed by atoms with Crippen LogP contribution in [0.15, 0.2) is 40.9 Å². The fourth-order valence-electron chi connectivity index (χ4n) is 2.26. The van der Waals surface area contributed by atoms with Gasteiger partial charge in [-0.15, -0.1) is 0 Å². The summed E-state index contributed by atoms with van der Waals surface area (Å²) in [6.45, 7) is 4.18. The maximum absolute atomic E-state index is 6.35. The van der Waals surface area contributed by atoms with E-state index in [1.54, 1.807) is 7.11 Å². The molecule has 0 aliphatic rings. The molecule has 19 heavy (non-hydrogen) atoms. The van der Waals surface area contributed by atoms with Crippen molar-refractivity contribution < 1.29 is 4.74 Å². The van der Waals surface area contributed by atoms with Crippen LogP contribution in [0, 0.1) is 13.8 Å². The molecule has 1 atom stereocenters. The van der Waals surface area contributed by atoms with Crippen LogP contribution in [0.4, 0.5) is 0 Å². The number of hydrogen-bond acceptors (Lipinski definition) is 2. The maximum Gasteiger partial charge on any atom is 0.133 e. The highest BCUT2D eigenvalue weighted by Gasteiger charge is 2.11. The molecule has 2 aromatic rings. The third-order valence-electron chi connectivity index (χ3n) is 3.14. The molecule has 0 heterocycles. The van der Waals surface area contributed by atoms with Crippen molar-refractivity contribution in [3.8, 4) is 5.75 Å². The second kappa shape index (κ2) is 5.76. The standard InChI is InChI=1S/C16H18BrNO/c1-10-6-11(2)8-13(7-10)16(18)12-4-5-15(19-3)14(17)9-12/h4-9,16H,18H2,1-3H3. The van der Waals surface area contributed by atoms with Crippen LogP contribution in [0.5, 0.6) is 5.75 Å². The molecule has 2 aromatic carbocycles. The summed E-state index contributed by atoms with van der Waals surface area (Å²) in [5.74, 6) is 0.816. The number of nitrogens with two attached hydrogens (primary N) is 1. The molecule has 0 aliphatic heterocycles. The lowest BCUT2D eigenvalue weighted by Crippen LogP contribution is -2.12. The third-order valence-corrected chi connectivity index (χ3v) is 3.76. The fraction of sp³-hybridized carbons (Fsp3) is 0.250. The zero-order chi connectivity index (χ0) is 14.0. The van der Waals surface area contributed by atoms with Crippen LogP contribution in [0.3, 0.4) is 0 Å². The Bertz CT molecular complexity index is 575. The van der Waals surface area contributed by atoms with Crippen LogP contribution in [-0.4, -0.2) is 7.11 Å². The minimum atomic E-state index is -0.124. The lowest BCUT2D eigenvalue weighted by atomic mass is 9.96. The van der Waals surface area contributed by atoms with E-state index in [9.17, 15) is 0 Å². The van der Waals surface area contributed by atoms with E-state index in [0.717, 1.165) is 21.3 Å². The topological polar surface area (TPSA) is 35.2 Å². The smallest absolute Gasteiger partial charge is 0.133 e. The van der Waals surface area contributed by atoms with Crippen molar-refractivity contribution in [3.63, 3.8) is 0 Å². The van der Waals surface area contributed by atoms with Gasteiger partial charge in [0, 0.05) is 0 Å². The monoisotopic (exact) mass is 319 g/mol. The number of halogens is 1. The first-order valence-electron chi connectivity index (χ1n) is 6.18. The number of ether oxygens (including phenoxy) is 1. The van der Waals surface area contributed by atoms with Gasteiger partial charge in [-0.3, -0.25) is 0 Å². The Kier molecular flexibility index (Phi) is 4.27. The molecule has 0 saturated carbocycles. The molecule has 0 aliphatic carbocycles. The molecule has 0 bridgehead atoms. The first-order chi connectivity index (χ1) is 9.01. The molecule has 1 unspecified atom stereocenters. The lowest BCUT2D eigenvalue weighted by molar-refractivity contribution is 0.412. The van der Waals surface area contributed by atoms with E-state index < -0.39 is 0 Å². The van der Waals surface area contributed by atoms with Crippen LogP contribution in [0.25, 0.3) is 0 Å². The van der Waals surface area contributed by atoms with Gasteiger partial charge >= 0.3 is 0 Å². The first kappa shape index (κ1) is 14.1. The highest BCUT2D eigenvalue weighted by molar-refractivity contribution is 9.10. The summed E-state index contributed by atoms with van der Waals surface area (Å²) in [5.41, 5.74) is 11.0. The van der Waals surface area contributed by atoms with Gasteiger partial charge < -0.3 is 10.5 Å². The van der Waals surface area contributed by atoms with Gasteiger partial charge in [-0.05, 0) is 53.0 Å². The number of benzene rings is 2. The van der Waals surface area contributed by atoms with Gasteiger partial charge in [-0.2, -0.15) is 0 Å². The normalized spacial score (nSPS) is 12.3. The SMILES string of the molecule is COc1ccc(C(N)c2cc(C)cc(C)c2)cc1Br. The number of methoxy groups -OCH3 is 1. The maximum atomic E-state index is 6.35. The summed E-state index contributed by atoms with van der Waals surface area (Å²) < 4.78 is 6.16. The van der Waals surface area contributed by atoms with Crippen LogP contribution in [0.2, 0.25) is 0 Å². The second-order valence-electron chi connectivity index (χ2n) is 4.79. The van der Waals surface area contributed by atoms with Crippen molar-refractivity contribution in [2.24, 2.45) is 5.73 Å². The van der Waals surface area contributed by atoms with Gasteiger partial charge in [-0.25, -0.2) is 0 Å². The summed E-state index contributed by atoms with van der Waals surface area (Å²) in [6.07, 6.45) is 0. The quantitative estimate of drug-likeness (QED) is 0.923. The molecular formula is C16H18BrNO. The minimum absolute atomic E-state index is 0.124. The van der Waals surface area contributed by atoms with Gasteiger partial charge in [0.2, 0.25) is 0 Å². The summed E-state index contributed by atoms with van der Waals surface area (Å²) in [4.78, 5) is 0. The van der Waals surface area contributed by atoms with E-state index >= 15 is 0 Å². The Labute approximate surface area is 122 Å². The van der Waals surface area contributed by atoms with Crippen molar-refractivity contribution in [1.29, 1.82) is 0 Å². The van der Waals surface area contributed by atoms with E-state index in [-0.39, 0.29) is 6.04 Å². The summed E-state index contributed by atoms with van der Waals surface area (Å²) in [6, 6.07) is 12.3. The van der Waals surface area contributed by atoms with E-state index in [1.807, 2.05) is 18.2 Å². The molecule has 0 spiro atoms. The summed E-state index contributed by atoms with van der Waals surface area (Å²) >= 11 is 3.50. The molecule has 3 heteroatoms. The zero-order valence-corrected chi connectivity index (χ0v) is 13.0. The van der Waals surface area contributed by atoms with Crippen molar-refractivity contribution in [3.05, 3.63) is 63.1 Å². The number of aryl methyl sites for hydroxylation is 2. The van der Waals surface area contributed by atoms with Gasteiger partial charge in [0.25, 0.3) is 0 Å². The molecule has 2 rings (SSSR count). The van der Waals surface area contributed by atoms with E-state index in [0.29, 0.717) is 0 Å². The highest BCUT2D eigenvalue weighted by Crippen LogP contribution is 2.30. The highest BCUT2D eigenvalue weighted by atomic mass is 79.9. The second-order valence-corrected chi connectivity index (χ2v) is 5.65. The number of rotatable bonds is 3. The van der Waals surface area contributed by atoms with Gasteiger partial charge in [0.05, 0.1) is 17.6 Å². The molecular weight excluding hydrogens is 302 g/mol. The first-order valence-corrected chi connectivity index (χ1v) is 6.98. The van der Waals surface area contributed by atoms with Crippen LogP contribution < -0.4 is 10.5 Å². The third kappa shape index (κ3) is 3.17. The van der Waals surface area contributed by atoms with Crippen molar-refractivity contribution in [2.45, 2.75) is 19.9 Å². The molecule has 2 nitrogen and oxygen atoms in total. The molecule has 0 fully saturated rings.